The fourth-order valence-corrected chi connectivity index (χ4v) is 5.14. The summed E-state index contributed by atoms with van der Waals surface area (Å²) in [4.78, 5) is 15.8. The molecule has 0 amide bonds. The normalized spacial score (nSPS) is 17.5. The van der Waals surface area contributed by atoms with E-state index in [1.165, 1.54) is 12.1 Å². The summed E-state index contributed by atoms with van der Waals surface area (Å²) in [5.74, 6) is 0.233. The van der Waals surface area contributed by atoms with Gasteiger partial charge in [-0.3, -0.25) is 4.68 Å². The molecule has 0 spiro atoms. The smallest absolute Gasteiger partial charge is 0.225 e. The number of aromatic nitrogens is 7. The third kappa shape index (κ3) is 4.33. The molecule has 0 unspecified atom stereocenters. The van der Waals surface area contributed by atoms with Gasteiger partial charge in [-0.15, -0.1) is 0 Å². The molecule has 0 saturated carbocycles. The largest absolute Gasteiger partial charge is 0.381 e. The van der Waals surface area contributed by atoms with Crippen molar-refractivity contribution in [1.82, 2.24) is 34.3 Å². The molecule has 10 nitrogen and oxygen atoms in total. The van der Waals surface area contributed by atoms with E-state index in [0.717, 1.165) is 40.9 Å². The van der Waals surface area contributed by atoms with Crippen LogP contribution in [0.15, 0.2) is 73.7 Å². The lowest BCUT2D eigenvalue weighted by Crippen LogP contribution is -2.30. The Morgan fingerprint density at radius 3 is 2.48 bits per heavy atom. The summed E-state index contributed by atoms with van der Waals surface area (Å²) in [7, 11) is 0. The van der Waals surface area contributed by atoms with Crippen molar-refractivity contribution in [1.29, 1.82) is 0 Å². The van der Waals surface area contributed by atoms with Gasteiger partial charge in [-0.25, -0.2) is 23.9 Å². The summed E-state index contributed by atoms with van der Waals surface area (Å²) in [6.45, 7) is 4.40. The van der Waals surface area contributed by atoms with Gasteiger partial charge >= 0.3 is 0 Å². The van der Waals surface area contributed by atoms with Crippen molar-refractivity contribution in [3.05, 3.63) is 96.4 Å². The second-order valence-electron chi connectivity index (χ2n) is 10.3. The Hall–Kier alpha value is -4.48. The first-order valence-electron chi connectivity index (χ1n) is 13.2. The first-order valence-corrected chi connectivity index (χ1v) is 13.2. The monoisotopic (exact) mass is 538 g/mol. The van der Waals surface area contributed by atoms with Crippen molar-refractivity contribution in [2.24, 2.45) is 0 Å². The lowest BCUT2D eigenvalue weighted by Gasteiger charge is -2.28. The van der Waals surface area contributed by atoms with Crippen LogP contribution in [0, 0.1) is 5.82 Å². The Labute approximate surface area is 229 Å². The Bertz CT molecular complexity index is 1700. The number of ether oxygens (including phenoxy) is 1. The van der Waals surface area contributed by atoms with Gasteiger partial charge in [0, 0.05) is 54.6 Å². The maximum Gasteiger partial charge on any atom is 0.225 e. The van der Waals surface area contributed by atoms with Crippen molar-refractivity contribution in [2.45, 2.75) is 25.0 Å². The van der Waals surface area contributed by atoms with Crippen LogP contribution in [0.5, 0.6) is 0 Å². The quantitative estimate of drug-likeness (QED) is 0.349. The maximum absolute atomic E-state index is 13.3. The molecule has 2 aliphatic rings. The van der Waals surface area contributed by atoms with Gasteiger partial charge in [0.2, 0.25) is 5.95 Å². The summed E-state index contributed by atoms with van der Waals surface area (Å²) < 4.78 is 22.4. The number of benzene rings is 1. The fraction of sp³-hybridized carbons (Fsp3) is 0.276. The molecule has 11 heteroatoms. The van der Waals surface area contributed by atoms with Gasteiger partial charge in [-0.2, -0.15) is 10.2 Å². The molecule has 2 aliphatic heterocycles. The molecule has 0 aliphatic carbocycles. The second kappa shape index (κ2) is 9.61. The van der Waals surface area contributed by atoms with Gasteiger partial charge in [0.25, 0.3) is 0 Å². The van der Waals surface area contributed by atoms with Gasteiger partial charge in [0.15, 0.2) is 0 Å². The van der Waals surface area contributed by atoms with Crippen molar-refractivity contribution in [3.8, 4) is 11.1 Å². The number of halogens is 1. The molecular formula is C29H27FN8O2. The van der Waals surface area contributed by atoms with Crippen molar-refractivity contribution in [2.75, 3.05) is 31.2 Å². The molecule has 0 bridgehead atoms. The molecule has 4 aromatic heterocycles. The zero-order valence-corrected chi connectivity index (χ0v) is 21.9. The van der Waals surface area contributed by atoms with Crippen molar-refractivity contribution in [3.63, 3.8) is 0 Å². The Kier molecular flexibility index (Phi) is 5.90. The third-order valence-corrected chi connectivity index (χ3v) is 7.74. The Balaban J connectivity index is 1.09. The van der Waals surface area contributed by atoms with Crippen LogP contribution in [0.3, 0.4) is 0 Å². The van der Waals surface area contributed by atoms with Crippen LogP contribution in [0.25, 0.3) is 22.2 Å². The van der Waals surface area contributed by atoms with Gasteiger partial charge in [0.05, 0.1) is 36.7 Å². The number of hydrogen-bond acceptors (Lipinski definition) is 8. The zero-order chi connectivity index (χ0) is 27.3. The minimum atomic E-state index is -1.33. The summed E-state index contributed by atoms with van der Waals surface area (Å²) >= 11 is 0. The van der Waals surface area contributed by atoms with E-state index >= 15 is 0 Å². The molecule has 1 N–H and O–H groups in total. The first-order chi connectivity index (χ1) is 19.5. The second-order valence-corrected chi connectivity index (χ2v) is 10.3. The summed E-state index contributed by atoms with van der Waals surface area (Å²) in [6.07, 6.45) is 13.7. The molecule has 1 fully saturated rings. The van der Waals surface area contributed by atoms with Gasteiger partial charge in [-0.05, 0) is 42.7 Å². The summed E-state index contributed by atoms with van der Waals surface area (Å²) in [6, 6.07) is 8.20. The minimum absolute atomic E-state index is 0.305. The van der Waals surface area contributed by atoms with Gasteiger partial charge in [0.1, 0.15) is 17.7 Å². The van der Waals surface area contributed by atoms with E-state index in [0.29, 0.717) is 42.9 Å². The SMILES string of the molecule is C[C@](O)(c1ccc(F)cc1)c1cnc(N2CC=C(c3ncnn4cc(-c5cnn(C6COC6)c5)cc34)CC2)nc1. The fourth-order valence-electron chi connectivity index (χ4n) is 5.14. The summed E-state index contributed by atoms with van der Waals surface area (Å²) in [5, 5.41) is 20.0. The highest BCUT2D eigenvalue weighted by Crippen LogP contribution is 2.31. The van der Waals surface area contributed by atoms with Gasteiger partial charge < -0.3 is 14.7 Å². The number of anilines is 1. The molecular weight excluding hydrogens is 511 g/mol. The highest BCUT2D eigenvalue weighted by atomic mass is 19.1. The lowest BCUT2D eigenvalue weighted by atomic mass is 9.90. The summed E-state index contributed by atoms with van der Waals surface area (Å²) in [5.41, 5.74) is 4.85. The number of nitrogens with zero attached hydrogens (tertiary/aromatic N) is 8. The lowest BCUT2D eigenvalue weighted by molar-refractivity contribution is -0.0286. The molecule has 202 valence electrons. The molecule has 5 aromatic rings. The van der Waals surface area contributed by atoms with Crippen LogP contribution >= 0.6 is 0 Å². The van der Waals surface area contributed by atoms with E-state index in [9.17, 15) is 9.50 Å². The van der Waals surface area contributed by atoms with Gasteiger partial charge in [-0.1, -0.05) is 18.2 Å². The van der Waals surface area contributed by atoms with E-state index in [1.54, 1.807) is 37.8 Å². The van der Waals surface area contributed by atoms with E-state index in [1.807, 2.05) is 21.6 Å². The average Bonchev–Trinajstić information content (AvgIpc) is 3.60. The van der Waals surface area contributed by atoms with Crippen LogP contribution < -0.4 is 4.90 Å². The molecule has 40 heavy (non-hydrogen) atoms. The number of hydrogen-bond donors (Lipinski definition) is 1. The molecule has 1 aromatic carbocycles. The first kappa shape index (κ1) is 24.6. The predicted octanol–water partition coefficient (Wildman–Crippen LogP) is 3.64. The van der Waals surface area contributed by atoms with Crippen LogP contribution in [0.2, 0.25) is 0 Å². The molecule has 1 saturated heterocycles. The van der Waals surface area contributed by atoms with Crippen LogP contribution in [0.4, 0.5) is 10.3 Å². The zero-order valence-electron chi connectivity index (χ0n) is 21.9. The number of aliphatic hydroxyl groups is 1. The third-order valence-electron chi connectivity index (χ3n) is 7.74. The molecule has 6 heterocycles. The van der Waals surface area contributed by atoms with Crippen LogP contribution in [0.1, 0.15) is 36.2 Å². The Morgan fingerprint density at radius 1 is 0.975 bits per heavy atom. The average molecular weight is 539 g/mol. The van der Waals surface area contributed by atoms with E-state index in [4.69, 9.17) is 4.74 Å². The molecule has 1 atom stereocenters. The van der Waals surface area contributed by atoms with Crippen LogP contribution in [-0.2, 0) is 10.3 Å². The van der Waals surface area contributed by atoms with Crippen molar-refractivity contribution < 1.29 is 14.2 Å². The van der Waals surface area contributed by atoms with Crippen LogP contribution in [-0.4, -0.2) is 65.8 Å². The highest BCUT2D eigenvalue weighted by molar-refractivity contribution is 5.80. The van der Waals surface area contributed by atoms with E-state index in [-0.39, 0.29) is 5.82 Å². The minimum Gasteiger partial charge on any atom is -0.381 e. The maximum atomic E-state index is 13.3. The number of rotatable bonds is 6. The van der Waals surface area contributed by atoms with E-state index < -0.39 is 5.60 Å². The predicted molar refractivity (Wildman–Crippen MR) is 146 cm³/mol. The molecule has 0 radical (unpaired) electrons. The molecule has 7 rings (SSSR count). The highest BCUT2D eigenvalue weighted by Gasteiger charge is 2.27. The topological polar surface area (TPSA) is 106 Å². The van der Waals surface area contributed by atoms with E-state index in [2.05, 4.69) is 48.4 Å². The van der Waals surface area contributed by atoms with Crippen molar-refractivity contribution >= 4 is 17.0 Å². The number of fused-ring (bicyclic) bond motifs is 1. The standard InChI is InChI=1S/C29H27FN8O2/c1-29(39,22-2-4-24(30)5-3-22)23-12-31-28(32-13-23)36-8-6-19(7-9-36)27-26-10-20(14-38(26)35-18-33-27)21-11-34-37(15-21)25-16-40-17-25/h2-6,10-15,18,25,39H,7-9,16-17H2,1H3/t29-/m0/s1. The Morgan fingerprint density at radius 2 is 1.77 bits per heavy atom.